The molecule has 1 rings (SSSR count). The number of nitro benzene ring substituents is 1. The predicted molar refractivity (Wildman–Crippen MR) is 67.2 cm³/mol. The zero-order chi connectivity index (χ0) is 14.6. The van der Waals surface area contributed by atoms with Crippen LogP contribution in [0.25, 0.3) is 0 Å². The molecule has 0 saturated heterocycles. The van der Waals surface area contributed by atoms with E-state index < -0.39 is 22.0 Å². The summed E-state index contributed by atoms with van der Waals surface area (Å²) in [7, 11) is 2.70. The van der Waals surface area contributed by atoms with Crippen molar-refractivity contribution in [2.24, 2.45) is 0 Å². The van der Waals surface area contributed by atoms with Gasteiger partial charge in [-0.25, -0.2) is 0 Å². The van der Waals surface area contributed by atoms with Gasteiger partial charge < -0.3 is 14.2 Å². The van der Waals surface area contributed by atoms with Crippen LogP contribution < -0.4 is 14.2 Å². The molecule has 0 aliphatic carbocycles. The van der Waals surface area contributed by atoms with Gasteiger partial charge in [0.05, 0.1) is 25.2 Å². The van der Waals surface area contributed by atoms with Crippen molar-refractivity contribution in [1.29, 1.82) is 0 Å². The minimum absolute atomic E-state index is 0.160. The monoisotopic (exact) mass is 289 g/mol. The van der Waals surface area contributed by atoms with E-state index in [1.807, 2.05) is 0 Å². The molecule has 0 saturated carbocycles. The van der Waals surface area contributed by atoms with E-state index in [-0.39, 0.29) is 17.2 Å². The number of nitrogens with zero attached hydrogens (tertiary/aromatic N) is 1. The fraction of sp³-hybridized carbons (Fsp3) is 0.364. The van der Waals surface area contributed by atoms with Crippen molar-refractivity contribution in [3.05, 3.63) is 22.2 Å². The van der Waals surface area contributed by atoms with E-state index in [0.29, 0.717) is 0 Å². The van der Waals surface area contributed by atoms with Crippen LogP contribution in [0.4, 0.5) is 5.69 Å². The lowest BCUT2D eigenvalue weighted by atomic mass is 10.2. The Balaban J connectivity index is 3.27. The number of hydrogen-bond donors (Lipinski definition) is 0. The zero-order valence-corrected chi connectivity index (χ0v) is 11.3. The smallest absolute Gasteiger partial charge is 0.329 e. The molecule has 0 aliphatic rings. The van der Waals surface area contributed by atoms with Crippen LogP contribution in [0.1, 0.15) is 6.92 Å². The Bertz CT molecular complexity index is 502. The van der Waals surface area contributed by atoms with E-state index in [9.17, 15) is 14.9 Å². The lowest BCUT2D eigenvalue weighted by molar-refractivity contribution is -0.385. The van der Waals surface area contributed by atoms with Gasteiger partial charge in [0, 0.05) is 6.07 Å². The highest BCUT2D eigenvalue weighted by atomic mass is 35.5. The number of halogens is 1. The first-order chi connectivity index (χ1) is 8.90. The molecular formula is C11H12ClNO6. The van der Waals surface area contributed by atoms with E-state index in [1.165, 1.54) is 27.2 Å². The van der Waals surface area contributed by atoms with Crippen molar-refractivity contribution < 1.29 is 23.9 Å². The van der Waals surface area contributed by atoms with Gasteiger partial charge in [-0.3, -0.25) is 14.9 Å². The highest BCUT2D eigenvalue weighted by Gasteiger charge is 2.24. The maximum Gasteiger partial charge on any atom is 0.329 e. The largest absolute Gasteiger partial charge is 0.493 e. The molecule has 0 amide bonds. The molecule has 0 aliphatic heterocycles. The molecule has 1 aromatic rings. The minimum Gasteiger partial charge on any atom is -0.493 e. The molecule has 0 N–H and O–H groups in total. The van der Waals surface area contributed by atoms with Crippen LogP contribution in [-0.4, -0.2) is 30.5 Å². The van der Waals surface area contributed by atoms with Gasteiger partial charge in [0.1, 0.15) is 5.38 Å². The standard InChI is InChI=1S/C11H12ClNO6/c1-6(12)11(14)19-8-5-10(18-3)9(17-2)4-7(8)13(15)16/h4-6H,1-3H3. The third kappa shape index (κ3) is 3.47. The molecule has 0 aromatic heterocycles. The molecule has 0 heterocycles. The Kier molecular flexibility index (Phi) is 4.94. The molecule has 0 bridgehead atoms. The average Bonchev–Trinajstić information content (AvgIpc) is 2.37. The van der Waals surface area contributed by atoms with Gasteiger partial charge in [-0.1, -0.05) is 0 Å². The molecule has 0 fully saturated rings. The Morgan fingerprint density at radius 1 is 1.26 bits per heavy atom. The van der Waals surface area contributed by atoms with E-state index in [0.717, 1.165) is 6.07 Å². The van der Waals surface area contributed by atoms with Gasteiger partial charge >= 0.3 is 11.7 Å². The third-order valence-corrected chi connectivity index (χ3v) is 2.38. The highest BCUT2D eigenvalue weighted by Crippen LogP contribution is 2.39. The van der Waals surface area contributed by atoms with E-state index in [4.69, 9.17) is 25.8 Å². The van der Waals surface area contributed by atoms with Crippen molar-refractivity contribution in [2.45, 2.75) is 12.3 Å². The molecule has 7 nitrogen and oxygen atoms in total. The normalized spacial score (nSPS) is 11.6. The summed E-state index contributed by atoms with van der Waals surface area (Å²) in [5, 5.41) is 10.0. The molecule has 0 spiro atoms. The van der Waals surface area contributed by atoms with Crippen molar-refractivity contribution in [3.8, 4) is 17.2 Å². The second-order valence-corrected chi connectivity index (χ2v) is 4.12. The van der Waals surface area contributed by atoms with E-state index in [1.54, 1.807) is 0 Å². The molecule has 8 heteroatoms. The van der Waals surface area contributed by atoms with Crippen LogP contribution in [-0.2, 0) is 4.79 Å². The molecule has 1 aromatic carbocycles. The molecular weight excluding hydrogens is 278 g/mol. The maximum absolute atomic E-state index is 11.4. The topological polar surface area (TPSA) is 87.9 Å². The number of benzene rings is 1. The summed E-state index contributed by atoms with van der Waals surface area (Å²) in [5.74, 6) is -0.678. The number of rotatable bonds is 5. The quantitative estimate of drug-likeness (QED) is 0.271. The Morgan fingerprint density at radius 3 is 2.21 bits per heavy atom. The van der Waals surface area contributed by atoms with E-state index >= 15 is 0 Å². The number of alkyl halides is 1. The number of carbonyl (C=O) groups is 1. The number of nitro groups is 1. The van der Waals surface area contributed by atoms with Gasteiger partial charge in [0.2, 0.25) is 5.75 Å². The fourth-order valence-electron chi connectivity index (χ4n) is 1.26. The van der Waals surface area contributed by atoms with Crippen molar-refractivity contribution in [3.63, 3.8) is 0 Å². The van der Waals surface area contributed by atoms with Crippen LogP contribution in [0.3, 0.4) is 0 Å². The summed E-state index contributed by atoms with van der Waals surface area (Å²) in [6.07, 6.45) is 0. The second kappa shape index (κ2) is 6.24. The van der Waals surface area contributed by atoms with Crippen LogP contribution in [0, 0.1) is 10.1 Å². The summed E-state index contributed by atoms with van der Waals surface area (Å²) in [6.45, 7) is 1.40. The number of methoxy groups -OCH3 is 2. The highest BCUT2D eigenvalue weighted by molar-refractivity contribution is 6.29. The number of esters is 1. The van der Waals surface area contributed by atoms with Crippen molar-refractivity contribution in [2.75, 3.05) is 14.2 Å². The second-order valence-electron chi connectivity index (χ2n) is 3.47. The number of carbonyl (C=O) groups excluding carboxylic acids is 1. The first kappa shape index (κ1) is 15.0. The molecule has 1 unspecified atom stereocenters. The SMILES string of the molecule is COc1cc(OC(=O)C(C)Cl)c([N+](=O)[O-])cc1OC. The fourth-order valence-corrected chi connectivity index (χ4v) is 1.31. The van der Waals surface area contributed by atoms with E-state index in [2.05, 4.69) is 0 Å². The maximum atomic E-state index is 11.4. The van der Waals surface area contributed by atoms with Crippen LogP contribution >= 0.6 is 11.6 Å². The van der Waals surface area contributed by atoms with Gasteiger partial charge in [-0.05, 0) is 6.92 Å². The number of ether oxygens (including phenoxy) is 3. The van der Waals surface area contributed by atoms with Crippen LogP contribution in [0.2, 0.25) is 0 Å². The van der Waals surface area contributed by atoms with Crippen LogP contribution in [0.15, 0.2) is 12.1 Å². The molecule has 0 radical (unpaired) electrons. The minimum atomic E-state index is -0.923. The zero-order valence-electron chi connectivity index (χ0n) is 10.5. The Labute approximate surface area is 114 Å². The Morgan fingerprint density at radius 2 is 1.79 bits per heavy atom. The summed E-state index contributed by atoms with van der Waals surface area (Å²) in [5.41, 5.74) is -0.414. The summed E-state index contributed by atoms with van der Waals surface area (Å²) >= 11 is 5.54. The van der Waals surface area contributed by atoms with Gasteiger partial charge in [-0.15, -0.1) is 11.6 Å². The van der Waals surface area contributed by atoms with Crippen LogP contribution in [0.5, 0.6) is 17.2 Å². The molecule has 104 valence electrons. The first-order valence-corrected chi connectivity index (χ1v) is 5.60. The van der Waals surface area contributed by atoms with Crippen molar-refractivity contribution in [1.82, 2.24) is 0 Å². The Hall–Kier alpha value is -2.02. The number of hydrogen-bond acceptors (Lipinski definition) is 6. The first-order valence-electron chi connectivity index (χ1n) is 5.16. The van der Waals surface area contributed by atoms with Gasteiger partial charge in [0.25, 0.3) is 0 Å². The molecule has 19 heavy (non-hydrogen) atoms. The predicted octanol–water partition coefficient (Wildman–Crippen LogP) is 2.14. The lowest BCUT2D eigenvalue weighted by Gasteiger charge is -2.11. The van der Waals surface area contributed by atoms with Gasteiger partial charge in [-0.2, -0.15) is 0 Å². The molecule has 1 atom stereocenters. The van der Waals surface area contributed by atoms with Gasteiger partial charge in [0.15, 0.2) is 11.5 Å². The van der Waals surface area contributed by atoms with Crippen molar-refractivity contribution >= 4 is 23.3 Å². The lowest BCUT2D eigenvalue weighted by Crippen LogP contribution is -2.18. The third-order valence-electron chi connectivity index (χ3n) is 2.20. The average molecular weight is 290 g/mol. The summed E-state index contributed by atoms with van der Waals surface area (Å²) in [4.78, 5) is 21.6. The summed E-state index contributed by atoms with van der Waals surface area (Å²) in [6, 6.07) is 2.31. The summed E-state index contributed by atoms with van der Waals surface area (Å²) < 4.78 is 14.8.